The first kappa shape index (κ1) is 10.8. The molecule has 0 heterocycles. The van der Waals surface area contributed by atoms with Gasteiger partial charge in [0.2, 0.25) is 0 Å². The minimum absolute atomic E-state index is 0.144. The van der Waals surface area contributed by atoms with Gasteiger partial charge in [0.05, 0.1) is 0 Å². The lowest BCUT2D eigenvalue weighted by molar-refractivity contribution is 0.438. The summed E-state index contributed by atoms with van der Waals surface area (Å²) in [5.41, 5.74) is 0.144. The number of hydrogen-bond acceptors (Lipinski definition) is 2. The smallest absolute Gasteiger partial charge is 0.00392 e. The molecule has 0 rings (SSSR count). The van der Waals surface area contributed by atoms with Gasteiger partial charge in [-0.25, -0.2) is 0 Å². The van der Waals surface area contributed by atoms with Crippen LogP contribution in [0.25, 0.3) is 0 Å². The maximum absolute atomic E-state index is 7.02. The molecule has 64 valence electrons. The van der Waals surface area contributed by atoms with E-state index < -0.39 is 0 Å². The molecule has 0 aliphatic heterocycles. The van der Waals surface area contributed by atoms with E-state index in [1.807, 2.05) is 17.8 Å². The van der Waals surface area contributed by atoms with Crippen LogP contribution in [0.15, 0.2) is 12.7 Å². The van der Waals surface area contributed by atoms with E-state index >= 15 is 0 Å². The highest BCUT2D eigenvalue weighted by molar-refractivity contribution is 7.98. The number of nitrogens with one attached hydrogen (secondary N) is 1. The predicted molar refractivity (Wildman–Crippen MR) is 54.7 cm³/mol. The van der Waals surface area contributed by atoms with Crippen LogP contribution in [0.3, 0.4) is 0 Å². The normalized spacial score (nSPS) is 15.5. The van der Waals surface area contributed by atoms with Crippen LogP contribution in [0.1, 0.15) is 19.8 Å². The van der Waals surface area contributed by atoms with Gasteiger partial charge < -0.3 is 5.41 Å². The summed E-state index contributed by atoms with van der Waals surface area (Å²) in [5.74, 6) is 1.15. The highest BCUT2D eigenvalue weighted by atomic mass is 32.2. The Morgan fingerprint density at radius 2 is 2.27 bits per heavy atom. The summed E-state index contributed by atoms with van der Waals surface area (Å²) in [7, 11) is 0. The Morgan fingerprint density at radius 1 is 1.64 bits per heavy atom. The average molecular weight is 171 g/mol. The van der Waals surface area contributed by atoms with Crippen LogP contribution in [0.4, 0.5) is 0 Å². The number of thioether (sulfide) groups is 1. The lowest BCUT2D eigenvalue weighted by Gasteiger charge is -2.22. The first-order chi connectivity index (χ1) is 5.18. The van der Waals surface area contributed by atoms with Crippen molar-refractivity contribution in [3.05, 3.63) is 12.7 Å². The standard InChI is InChI=1S/C9H17NS/c1-4-9(2,5-7-10)6-8-11-3/h4,7,10H,1,5-6,8H2,2-3H3. The molecule has 1 atom stereocenters. The summed E-state index contributed by atoms with van der Waals surface area (Å²) < 4.78 is 0. The topological polar surface area (TPSA) is 23.9 Å². The zero-order chi connectivity index (χ0) is 8.74. The van der Waals surface area contributed by atoms with Crippen LogP contribution in [-0.2, 0) is 0 Å². The van der Waals surface area contributed by atoms with E-state index in [-0.39, 0.29) is 5.41 Å². The summed E-state index contributed by atoms with van der Waals surface area (Å²) >= 11 is 1.85. The fraction of sp³-hybridized carbons (Fsp3) is 0.667. The van der Waals surface area contributed by atoms with Crippen molar-refractivity contribution in [1.29, 1.82) is 5.41 Å². The molecule has 1 N–H and O–H groups in total. The highest BCUT2D eigenvalue weighted by Crippen LogP contribution is 2.27. The molecule has 0 aliphatic rings. The summed E-state index contributed by atoms with van der Waals surface area (Å²) in [6.45, 7) is 5.95. The molecule has 1 nitrogen and oxygen atoms in total. The SMILES string of the molecule is C=CC(C)(CC=N)CCSC. The molecular formula is C9H17NS. The molecule has 1 unspecified atom stereocenters. The number of hydrogen-bond donors (Lipinski definition) is 1. The quantitative estimate of drug-likeness (QED) is 0.482. The number of rotatable bonds is 6. The molecular weight excluding hydrogens is 154 g/mol. The van der Waals surface area contributed by atoms with E-state index in [9.17, 15) is 0 Å². The molecule has 0 aromatic heterocycles. The van der Waals surface area contributed by atoms with E-state index in [0.29, 0.717) is 0 Å². The maximum Gasteiger partial charge on any atom is -0.00392 e. The Bertz CT molecular complexity index is 134. The van der Waals surface area contributed by atoms with Crippen LogP contribution >= 0.6 is 11.8 Å². The van der Waals surface area contributed by atoms with Crippen LogP contribution in [0.5, 0.6) is 0 Å². The molecule has 0 saturated heterocycles. The summed E-state index contributed by atoms with van der Waals surface area (Å²) in [5, 5.41) is 7.02. The van der Waals surface area contributed by atoms with Crippen molar-refractivity contribution in [1.82, 2.24) is 0 Å². The molecule has 0 saturated carbocycles. The van der Waals surface area contributed by atoms with E-state index in [1.165, 1.54) is 6.21 Å². The molecule has 0 fully saturated rings. The summed E-state index contributed by atoms with van der Waals surface area (Å²) in [4.78, 5) is 0. The second kappa shape index (κ2) is 5.42. The first-order valence-electron chi connectivity index (χ1n) is 3.80. The van der Waals surface area contributed by atoms with Gasteiger partial charge >= 0.3 is 0 Å². The maximum atomic E-state index is 7.02. The van der Waals surface area contributed by atoms with Gasteiger partial charge in [0.15, 0.2) is 0 Å². The molecule has 11 heavy (non-hydrogen) atoms. The van der Waals surface area contributed by atoms with E-state index in [2.05, 4.69) is 19.8 Å². The Kier molecular flexibility index (Phi) is 5.30. The number of allylic oxidation sites excluding steroid dienone is 1. The zero-order valence-corrected chi connectivity index (χ0v) is 8.21. The van der Waals surface area contributed by atoms with Gasteiger partial charge in [-0.15, -0.1) is 6.58 Å². The largest absolute Gasteiger partial charge is 0.313 e. The van der Waals surface area contributed by atoms with Crippen LogP contribution < -0.4 is 0 Å². The Labute approximate surface area is 73.8 Å². The molecule has 0 aliphatic carbocycles. The van der Waals surface area contributed by atoms with E-state index in [1.54, 1.807) is 0 Å². The van der Waals surface area contributed by atoms with Gasteiger partial charge in [-0.3, -0.25) is 0 Å². The molecule has 0 bridgehead atoms. The van der Waals surface area contributed by atoms with Crippen LogP contribution in [0, 0.1) is 10.8 Å². The van der Waals surface area contributed by atoms with Crippen molar-refractivity contribution < 1.29 is 0 Å². The minimum Gasteiger partial charge on any atom is -0.313 e. The first-order valence-corrected chi connectivity index (χ1v) is 5.19. The Morgan fingerprint density at radius 3 is 2.64 bits per heavy atom. The Hall–Kier alpha value is -0.240. The molecule has 0 spiro atoms. The van der Waals surface area contributed by atoms with Crippen molar-refractivity contribution in [3.63, 3.8) is 0 Å². The fourth-order valence-electron chi connectivity index (χ4n) is 0.856. The van der Waals surface area contributed by atoms with E-state index in [0.717, 1.165) is 18.6 Å². The van der Waals surface area contributed by atoms with Gasteiger partial charge in [0, 0.05) is 0 Å². The highest BCUT2D eigenvalue weighted by Gasteiger charge is 2.17. The van der Waals surface area contributed by atoms with Crippen molar-refractivity contribution in [2.75, 3.05) is 12.0 Å². The summed E-state index contributed by atoms with van der Waals surface area (Å²) in [6.07, 6.45) is 7.48. The Balaban J connectivity index is 3.87. The molecule has 0 radical (unpaired) electrons. The fourth-order valence-corrected chi connectivity index (χ4v) is 1.53. The lowest BCUT2D eigenvalue weighted by atomic mass is 9.85. The predicted octanol–water partition coefficient (Wildman–Crippen LogP) is 2.97. The van der Waals surface area contributed by atoms with Gasteiger partial charge in [-0.2, -0.15) is 11.8 Å². The van der Waals surface area contributed by atoms with Gasteiger partial charge in [-0.05, 0) is 36.5 Å². The minimum atomic E-state index is 0.144. The molecule has 0 aromatic carbocycles. The third-order valence-corrected chi connectivity index (χ3v) is 2.55. The average Bonchev–Trinajstić information content (AvgIpc) is 2.02. The van der Waals surface area contributed by atoms with Crippen LogP contribution in [0.2, 0.25) is 0 Å². The van der Waals surface area contributed by atoms with Gasteiger partial charge in [-0.1, -0.05) is 13.0 Å². The second-order valence-corrected chi connectivity index (χ2v) is 3.99. The molecule has 2 heteroatoms. The van der Waals surface area contributed by atoms with Gasteiger partial charge in [0.25, 0.3) is 0 Å². The zero-order valence-electron chi connectivity index (χ0n) is 7.39. The third kappa shape index (κ3) is 4.25. The van der Waals surface area contributed by atoms with Gasteiger partial charge in [0.1, 0.15) is 0 Å². The lowest BCUT2D eigenvalue weighted by Crippen LogP contribution is -2.14. The molecule has 0 aromatic rings. The van der Waals surface area contributed by atoms with Crippen LogP contribution in [-0.4, -0.2) is 18.2 Å². The molecule has 0 amide bonds. The van der Waals surface area contributed by atoms with Crippen molar-refractivity contribution >= 4 is 18.0 Å². The summed E-state index contributed by atoms with van der Waals surface area (Å²) in [6, 6.07) is 0. The van der Waals surface area contributed by atoms with Crippen molar-refractivity contribution in [2.24, 2.45) is 5.41 Å². The van der Waals surface area contributed by atoms with Crippen molar-refractivity contribution in [2.45, 2.75) is 19.8 Å². The monoisotopic (exact) mass is 171 g/mol. The third-order valence-electron chi connectivity index (χ3n) is 1.94. The van der Waals surface area contributed by atoms with E-state index in [4.69, 9.17) is 5.41 Å². The second-order valence-electron chi connectivity index (χ2n) is 3.01. The van der Waals surface area contributed by atoms with Crippen molar-refractivity contribution in [3.8, 4) is 0 Å².